The van der Waals surface area contributed by atoms with Crippen LogP contribution in [0.2, 0.25) is 0 Å². The molecule has 0 fully saturated rings. The summed E-state index contributed by atoms with van der Waals surface area (Å²) in [6, 6.07) is 12.3. The first-order chi connectivity index (χ1) is 13.4. The van der Waals surface area contributed by atoms with Gasteiger partial charge in [0.15, 0.2) is 17.3 Å². The molecule has 1 N–H and O–H groups in total. The smallest absolute Gasteiger partial charge is 0.267 e. The molecule has 3 rings (SSSR count). The average Bonchev–Trinajstić information content (AvgIpc) is 3.09. The summed E-state index contributed by atoms with van der Waals surface area (Å²) in [5.41, 5.74) is 2.71. The fraction of sp³-hybridized carbons (Fsp3) is 0.190. The van der Waals surface area contributed by atoms with E-state index in [0.717, 1.165) is 10.6 Å². The minimum atomic E-state index is -0.239. The van der Waals surface area contributed by atoms with Gasteiger partial charge in [-0.25, -0.2) is 4.98 Å². The molecule has 0 saturated heterocycles. The monoisotopic (exact) mass is 396 g/mol. The highest BCUT2D eigenvalue weighted by atomic mass is 32.1. The number of rotatable bonds is 6. The zero-order valence-corrected chi connectivity index (χ0v) is 16.8. The molecule has 7 heteroatoms. The summed E-state index contributed by atoms with van der Waals surface area (Å²) < 4.78 is 10.6. The van der Waals surface area contributed by atoms with Crippen LogP contribution < -0.4 is 14.8 Å². The average molecular weight is 396 g/mol. The lowest BCUT2D eigenvalue weighted by atomic mass is 10.1. The Balaban J connectivity index is 1.83. The van der Waals surface area contributed by atoms with E-state index in [1.807, 2.05) is 12.1 Å². The number of carbonyl (C=O) groups is 2. The molecule has 0 bridgehead atoms. The quantitative estimate of drug-likeness (QED) is 0.617. The van der Waals surface area contributed by atoms with Crippen molar-refractivity contribution < 1.29 is 19.1 Å². The first-order valence-corrected chi connectivity index (χ1v) is 9.36. The number of benzene rings is 2. The van der Waals surface area contributed by atoms with Gasteiger partial charge in [-0.1, -0.05) is 0 Å². The minimum absolute atomic E-state index is 0.0178. The number of nitrogens with zero attached hydrogens (tertiary/aromatic N) is 1. The number of aryl methyl sites for hydroxylation is 1. The molecule has 144 valence electrons. The van der Waals surface area contributed by atoms with Crippen molar-refractivity contribution in [1.29, 1.82) is 0 Å². The van der Waals surface area contributed by atoms with E-state index in [0.29, 0.717) is 33.3 Å². The van der Waals surface area contributed by atoms with Crippen LogP contribution in [-0.2, 0) is 0 Å². The van der Waals surface area contributed by atoms with Crippen molar-refractivity contribution in [2.24, 2.45) is 0 Å². The van der Waals surface area contributed by atoms with Crippen LogP contribution in [0.25, 0.3) is 10.6 Å². The summed E-state index contributed by atoms with van der Waals surface area (Å²) in [4.78, 5) is 29.1. The first kappa shape index (κ1) is 19.6. The van der Waals surface area contributed by atoms with E-state index >= 15 is 0 Å². The summed E-state index contributed by atoms with van der Waals surface area (Å²) in [7, 11) is 3.15. The predicted octanol–water partition coefficient (Wildman–Crippen LogP) is 4.59. The van der Waals surface area contributed by atoms with Gasteiger partial charge in [0, 0.05) is 16.8 Å². The van der Waals surface area contributed by atoms with E-state index < -0.39 is 0 Å². The van der Waals surface area contributed by atoms with Crippen LogP contribution in [0.5, 0.6) is 11.5 Å². The zero-order valence-electron chi connectivity index (χ0n) is 16.0. The number of hydrogen-bond acceptors (Lipinski definition) is 6. The van der Waals surface area contributed by atoms with Crippen LogP contribution in [0.3, 0.4) is 0 Å². The molecule has 1 aromatic heterocycles. The molecule has 0 aliphatic heterocycles. The fourth-order valence-electron chi connectivity index (χ4n) is 2.68. The fourth-order valence-corrected chi connectivity index (χ4v) is 3.63. The minimum Gasteiger partial charge on any atom is -0.493 e. The van der Waals surface area contributed by atoms with Crippen molar-refractivity contribution in [3.05, 3.63) is 58.6 Å². The highest BCUT2D eigenvalue weighted by Gasteiger charge is 2.17. The number of methoxy groups -OCH3 is 2. The Morgan fingerprint density at radius 1 is 1.00 bits per heavy atom. The molecule has 0 spiro atoms. The molecule has 1 amide bonds. The lowest BCUT2D eigenvalue weighted by Gasteiger charge is -2.08. The summed E-state index contributed by atoms with van der Waals surface area (Å²) in [5.74, 6) is 0.976. The Hall–Kier alpha value is -3.19. The summed E-state index contributed by atoms with van der Waals surface area (Å²) in [6.45, 7) is 3.30. The van der Waals surface area contributed by atoms with Crippen LogP contribution in [0, 0.1) is 6.92 Å². The lowest BCUT2D eigenvalue weighted by Crippen LogP contribution is -2.11. The number of amides is 1. The van der Waals surface area contributed by atoms with Crippen molar-refractivity contribution in [2.75, 3.05) is 19.5 Å². The van der Waals surface area contributed by atoms with Crippen LogP contribution in [-0.4, -0.2) is 30.9 Å². The Morgan fingerprint density at radius 2 is 1.68 bits per heavy atom. The van der Waals surface area contributed by atoms with Gasteiger partial charge in [0.2, 0.25) is 0 Å². The Kier molecular flexibility index (Phi) is 5.75. The third-order valence-electron chi connectivity index (χ3n) is 4.18. The molecular weight excluding hydrogens is 376 g/mol. The normalized spacial score (nSPS) is 10.4. The number of nitrogens with one attached hydrogen (secondary N) is 1. The number of anilines is 1. The van der Waals surface area contributed by atoms with Gasteiger partial charge in [0.25, 0.3) is 5.91 Å². The van der Waals surface area contributed by atoms with Crippen molar-refractivity contribution in [1.82, 2.24) is 4.98 Å². The largest absolute Gasteiger partial charge is 0.493 e. The molecule has 0 unspecified atom stereocenters. The van der Waals surface area contributed by atoms with E-state index in [-0.39, 0.29) is 11.7 Å². The van der Waals surface area contributed by atoms with Crippen molar-refractivity contribution in [2.45, 2.75) is 13.8 Å². The SMILES string of the molecule is COc1ccc(-c2nc(C)c(C(=O)Nc3ccc(C(C)=O)cc3)s2)cc1OC. The highest BCUT2D eigenvalue weighted by Crippen LogP contribution is 2.35. The summed E-state index contributed by atoms with van der Waals surface area (Å²) >= 11 is 1.31. The molecule has 0 saturated carbocycles. The number of carbonyl (C=O) groups excluding carboxylic acids is 2. The lowest BCUT2D eigenvalue weighted by molar-refractivity contribution is 0.101. The van der Waals surface area contributed by atoms with Gasteiger partial charge in [0.1, 0.15) is 9.88 Å². The van der Waals surface area contributed by atoms with Gasteiger partial charge in [-0.15, -0.1) is 11.3 Å². The van der Waals surface area contributed by atoms with E-state index in [1.54, 1.807) is 51.5 Å². The molecule has 6 nitrogen and oxygen atoms in total. The Bertz CT molecular complexity index is 1030. The molecule has 0 radical (unpaired) electrons. The van der Waals surface area contributed by atoms with Crippen LogP contribution in [0.1, 0.15) is 32.6 Å². The molecule has 0 aliphatic carbocycles. The van der Waals surface area contributed by atoms with Crippen LogP contribution >= 0.6 is 11.3 Å². The number of Topliss-reactive ketones (excluding diaryl/α,β-unsaturated/α-hetero) is 1. The van der Waals surface area contributed by atoms with Gasteiger partial charge in [0.05, 0.1) is 19.9 Å². The molecule has 1 heterocycles. The van der Waals surface area contributed by atoms with E-state index in [1.165, 1.54) is 18.3 Å². The molecular formula is C21H20N2O4S. The topological polar surface area (TPSA) is 77.5 Å². The second-order valence-corrected chi connectivity index (χ2v) is 7.09. The zero-order chi connectivity index (χ0) is 20.3. The number of ether oxygens (including phenoxy) is 2. The number of ketones is 1. The van der Waals surface area contributed by atoms with E-state index in [2.05, 4.69) is 10.3 Å². The molecule has 2 aromatic carbocycles. The van der Waals surface area contributed by atoms with E-state index in [9.17, 15) is 9.59 Å². The van der Waals surface area contributed by atoms with Crippen molar-refractivity contribution >= 4 is 28.7 Å². The van der Waals surface area contributed by atoms with Crippen LogP contribution in [0.15, 0.2) is 42.5 Å². The van der Waals surface area contributed by atoms with Crippen molar-refractivity contribution in [3.8, 4) is 22.1 Å². The third-order valence-corrected chi connectivity index (χ3v) is 5.39. The summed E-state index contributed by atoms with van der Waals surface area (Å²) in [6.07, 6.45) is 0. The van der Waals surface area contributed by atoms with Gasteiger partial charge in [-0.05, 0) is 56.3 Å². The maximum Gasteiger partial charge on any atom is 0.267 e. The second kappa shape index (κ2) is 8.22. The molecule has 0 atom stereocenters. The highest BCUT2D eigenvalue weighted by molar-refractivity contribution is 7.17. The Labute approximate surface area is 167 Å². The second-order valence-electron chi connectivity index (χ2n) is 6.09. The Morgan fingerprint density at radius 3 is 2.29 bits per heavy atom. The number of hydrogen-bond donors (Lipinski definition) is 1. The standard InChI is InChI=1S/C21H20N2O4S/c1-12-19(20(25)23-16-8-5-14(6-9-16)13(2)24)28-21(22-12)15-7-10-17(26-3)18(11-15)27-4/h5-11H,1-4H3,(H,23,25). The van der Waals surface area contributed by atoms with Crippen molar-refractivity contribution in [3.63, 3.8) is 0 Å². The first-order valence-electron chi connectivity index (χ1n) is 8.55. The maximum atomic E-state index is 12.7. The molecule has 28 heavy (non-hydrogen) atoms. The number of aromatic nitrogens is 1. The van der Waals surface area contributed by atoms with Gasteiger partial charge in [-0.3, -0.25) is 9.59 Å². The summed E-state index contributed by atoms with van der Waals surface area (Å²) in [5, 5.41) is 3.56. The molecule has 0 aliphatic rings. The van der Waals surface area contributed by atoms with Gasteiger partial charge in [-0.2, -0.15) is 0 Å². The van der Waals surface area contributed by atoms with Gasteiger partial charge < -0.3 is 14.8 Å². The predicted molar refractivity (Wildman–Crippen MR) is 110 cm³/mol. The third kappa shape index (κ3) is 4.04. The number of thiazole rings is 1. The van der Waals surface area contributed by atoms with E-state index in [4.69, 9.17) is 9.47 Å². The van der Waals surface area contributed by atoms with Crippen LogP contribution in [0.4, 0.5) is 5.69 Å². The molecule has 3 aromatic rings. The maximum absolute atomic E-state index is 12.7. The van der Waals surface area contributed by atoms with Gasteiger partial charge >= 0.3 is 0 Å².